The van der Waals surface area contributed by atoms with E-state index >= 15 is 0 Å². The van der Waals surface area contributed by atoms with Gasteiger partial charge >= 0.3 is 0 Å². The molecule has 2 aromatic rings. The Bertz CT molecular complexity index is 613. The number of rotatable bonds is 4. The predicted octanol–water partition coefficient (Wildman–Crippen LogP) is 4.75. The lowest BCUT2D eigenvalue weighted by molar-refractivity contribution is 0.340. The van der Waals surface area contributed by atoms with Crippen LogP contribution in [0.15, 0.2) is 36.4 Å². The van der Waals surface area contributed by atoms with Crippen molar-refractivity contribution < 1.29 is 4.74 Å². The summed E-state index contributed by atoms with van der Waals surface area (Å²) < 4.78 is 5.42. The maximum absolute atomic E-state index is 6.30. The van der Waals surface area contributed by atoms with Crippen LogP contribution in [0, 0.1) is 6.92 Å². The first kappa shape index (κ1) is 15.2. The van der Waals surface area contributed by atoms with Crippen LogP contribution in [0.2, 0.25) is 10.0 Å². The van der Waals surface area contributed by atoms with Gasteiger partial charge in [0.25, 0.3) is 0 Å². The van der Waals surface area contributed by atoms with Crippen LogP contribution in [-0.4, -0.2) is 6.61 Å². The number of hydrogen-bond acceptors (Lipinski definition) is 2. The lowest BCUT2D eigenvalue weighted by Crippen LogP contribution is -2.12. The fourth-order valence-corrected chi connectivity index (χ4v) is 2.59. The van der Waals surface area contributed by atoms with Crippen molar-refractivity contribution >= 4 is 23.2 Å². The highest BCUT2D eigenvalue weighted by molar-refractivity contribution is 6.34. The molecular formula is C16H17Cl2NO. The van der Waals surface area contributed by atoms with E-state index in [9.17, 15) is 0 Å². The summed E-state index contributed by atoms with van der Waals surface area (Å²) in [7, 11) is 0. The Hall–Kier alpha value is -1.22. The summed E-state index contributed by atoms with van der Waals surface area (Å²) in [5.74, 6) is 0.583. The lowest BCUT2D eigenvalue weighted by Gasteiger charge is -2.17. The van der Waals surface area contributed by atoms with Gasteiger partial charge in [-0.2, -0.15) is 0 Å². The average Bonchev–Trinajstić information content (AvgIpc) is 2.42. The van der Waals surface area contributed by atoms with Crippen molar-refractivity contribution in [2.75, 3.05) is 6.61 Å². The van der Waals surface area contributed by atoms with Gasteiger partial charge in [-0.25, -0.2) is 0 Å². The standard InChI is InChI=1S/C16H17Cl2NO/c1-3-20-15-9-13(17)12(8-14(15)18)16(19)11-6-4-5-10(2)7-11/h4-9,16H,3,19H2,1-2H3. The van der Waals surface area contributed by atoms with Gasteiger partial charge in [-0.3, -0.25) is 0 Å². The highest BCUT2D eigenvalue weighted by atomic mass is 35.5. The Morgan fingerprint density at radius 2 is 1.90 bits per heavy atom. The van der Waals surface area contributed by atoms with Crippen LogP contribution in [0.4, 0.5) is 0 Å². The van der Waals surface area contributed by atoms with Crippen LogP contribution >= 0.6 is 23.2 Å². The molecule has 2 N–H and O–H groups in total. The van der Waals surface area contributed by atoms with Crippen LogP contribution in [0.5, 0.6) is 5.75 Å². The van der Waals surface area contributed by atoms with Gasteiger partial charge in [-0.05, 0) is 31.0 Å². The van der Waals surface area contributed by atoms with E-state index in [4.69, 9.17) is 33.7 Å². The second kappa shape index (κ2) is 6.49. The summed E-state index contributed by atoms with van der Waals surface area (Å²) in [6.45, 7) is 4.47. The predicted molar refractivity (Wildman–Crippen MR) is 84.8 cm³/mol. The molecule has 0 saturated carbocycles. The molecule has 0 aliphatic carbocycles. The van der Waals surface area contributed by atoms with Gasteiger partial charge in [0.2, 0.25) is 0 Å². The Kier molecular flexibility index (Phi) is 4.92. The molecule has 0 aliphatic heterocycles. The molecule has 2 rings (SSSR count). The van der Waals surface area contributed by atoms with Gasteiger partial charge in [0.1, 0.15) is 5.75 Å². The van der Waals surface area contributed by atoms with Crippen LogP contribution in [-0.2, 0) is 0 Å². The molecular weight excluding hydrogens is 293 g/mol. The van der Waals surface area contributed by atoms with E-state index < -0.39 is 0 Å². The molecule has 4 heteroatoms. The van der Waals surface area contributed by atoms with Crippen LogP contribution in [0.25, 0.3) is 0 Å². The number of aryl methyl sites for hydroxylation is 1. The van der Waals surface area contributed by atoms with Gasteiger partial charge in [0.05, 0.1) is 17.7 Å². The maximum Gasteiger partial charge on any atom is 0.139 e. The Morgan fingerprint density at radius 1 is 1.15 bits per heavy atom. The van der Waals surface area contributed by atoms with Crippen LogP contribution in [0.1, 0.15) is 29.7 Å². The molecule has 0 radical (unpaired) electrons. The molecule has 0 spiro atoms. The highest BCUT2D eigenvalue weighted by Crippen LogP contribution is 2.35. The van der Waals surface area contributed by atoms with E-state index in [1.165, 1.54) is 0 Å². The van der Waals surface area contributed by atoms with E-state index in [0.29, 0.717) is 22.4 Å². The summed E-state index contributed by atoms with van der Waals surface area (Å²) in [6, 6.07) is 11.2. The topological polar surface area (TPSA) is 35.2 Å². The van der Waals surface area contributed by atoms with Crippen molar-refractivity contribution in [2.45, 2.75) is 19.9 Å². The first-order chi connectivity index (χ1) is 9.52. The first-order valence-electron chi connectivity index (χ1n) is 6.46. The molecule has 0 aromatic heterocycles. The van der Waals surface area contributed by atoms with Crippen LogP contribution < -0.4 is 10.5 Å². The first-order valence-corrected chi connectivity index (χ1v) is 7.22. The lowest BCUT2D eigenvalue weighted by atomic mass is 9.98. The zero-order chi connectivity index (χ0) is 14.7. The Balaban J connectivity index is 2.40. The largest absolute Gasteiger partial charge is 0.492 e. The normalized spacial score (nSPS) is 12.2. The number of halogens is 2. The molecule has 2 aromatic carbocycles. The highest BCUT2D eigenvalue weighted by Gasteiger charge is 2.16. The number of nitrogens with two attached hydrogens (primary N) is 1. The Labute approximate surface area is 129 Å². The zero-order valence-corrected chi connectivity index (χ0v) is 13.0. The molecule has 106 valence electrons. The second-order valence-corrected chi connectivity index (χ2v) is 5.44. The molecule has 1 atom stereocenters. The fourth-order valence-electron chi connectivity index (χ4n) is 2.09. The zero-order valence-electron chi connectivity index (χ0n) is 11.5. The van der Waals surface area contributed by atoms with Gasteiger partial charge in [0, 0.05) is 11.1 Å². The molecule has 0 saturated heterocycles. The van der Waals surface area contributed by atoms with Crippen molar-refractivity contribution in [1.29, 1.82) is 0 Å². The van der Waals surface area contributed by atoms with Gasteiger partial charge in [-0.15, -0.1) is 0 Å². The van der Waals surface area contributed by atoms with E-state index in [-0.39, 0.29) is 6.04 Å². The van der Waals surface area contributed by atoms with Gasteiger partial charge < -0.3 is 10.5 Å². The molecule has 0 amide bonds. The molecule has 0 bridgehead atoms. The summed E-state index contributed by atoms with van der Waals surface area (Å²) in [5.41, 5.74) is 9.26. The van der Waals surface area contributed by atoms with E-state index in [1.807, 2.05) is 38.1 Å². The van der Waals surface area contributed by atoms with Gasteiger partial charge in [-0.1, -0.05) is 53.0 Å². The number of benzene rings is 2. The van der Waals surface area contributed by atoms with Crippen molar-refractivity contribution in [3.05, 3.63) is 63.1 Å². The second-order valence-electron chi connectivity index (χ2n) is 4.63. The van der Waals surface area contributed by atoms with Crippen molar-refractivity contribution in [2.24, 2.45) is 5.73 Å². The summed E-state index contributed by atoms with van der Waals surface area (Å²) in [4.78, 5) is 0. The minimum Gasteiger partial charge on any atom is -0.492 e. The fraction of sp³-hybridized carbons (Fsp3) is 0.250. The Morgan fingerprint density at radius 3 is 2.55 bits per heavy atom. The van der Waals surface area contributed by atoms with Crippen LogP contribution in [0.3, 0.4) is 0 Å². The molecule has 0 aliphatic rings. The SMILES string of the molecule is CCOc1cc(Cl)c(C(N)c2cccc(C)c2)cc1Cl. The third-order valence-corrected chi connectivity index (χ3v) is 3.71. The average molecular weight is 310 g/mol. The van der Waals surface area contributed by atoms with Crippen molar-refractivity contribution in [1.82, 2.24) is 0 Å². The molecule has 1 unspecified atom stereocenters. The summed E-state index contributed by atoms with van der Waals surface area (Å²) in [5, 5.41) is 1.08. The van der Waals surface area contributed by atoms with Crippen molar-refractivity contribution in [3.8, 4) is 5.75 Å². The molecule has 20 heavy (non-hydrogen) atoms. The molecule has 0 heterocycles. The van der Waals surface area contributed by atoms with E-state index in [1.54, 1.807) is 12.1 Å². The minimum absolute atomic E-state index is 0.310. The monoisotopic (exact) mass is 309 g/mol. The molecule has 2 nitrogen and oxygen atoms in total. The van der Waals surface area contributed by atoms with Crippen molar-refractivity contribution in [3.63, 3.8) is 0 Å². The maximum atomic E-state index is 6.30. The smallest absolute Gasteiger partial charge is 0.139 e. The third kappa shape index (κ3) is 3.26. The van der Waals surface area contributed by atoms with Gasteiger partial charge in [0.15, 0.2) is 0 Å². The number of hydrogen-bond donors (Lipinski definition) is 1. The van der Waals surface area contributed by atoms with E-state index in [0.717, 1.165) is 16.7 Å². The summed E-state index contributed by atoms with van der Waals surface area (Å²) in [6.07, 6.45) is 0. The molecule has 0 fully saturated rings. The quantitative estimate of drug-likeness (QED) is 0.884. The van der Waals surface area contributed by atoms with E-state index in [2.05, 4.69) is 0 Å². The number of ether oxygens (including phenoxy) is 1. The summed E-state index contributed by atoms with van der Waals surface area (Å²) >= 11 is 12.5. The minimum atomic E-state index is -0.310. The third-order valence-electron chi connectivity index (χ3n) is 3.09.